The zero-order valence-corrected chi connectivity index (χ0v) is 18.7. The second-order valence-electron chi connectivity index (χ2n) is 8.71. The highest BCUT2D eigenvalue weighted by Crippen LogP contribution is 2.29. The molecule has 1 N–H and O–H groups in total. The van der Waals surface area contributed by atoms with Crippen LogP contribution in [0.5, 0.6) is 0 Å². The SMILES string of the molecule is CC(C)C[C@@H]1CN(Cc2cccc(CC(=O)O)c2)CCN1c1nc2ccc(Cl)cc2o1. The van der Waals surface area contributed by atoms with Gasteiger partial charge in [0, 0.05) is 43.3 Å². The Bertz CT molecular complexity index is 1070. The van der Waals surface area contributed by atoms with Crippen molar-refractivity contribution >= 4 is 34.7 Å². The van der Waals surface area contributed by atoms with Gasteiger partial charge in [-0.15, -0.1) is 0 Å². The van der Waals surface area contributed by atoms with Crippen LogP contribution in [0.4, 0.5) is 6.01 Å². The predicted molar refractivity (Wildman–Crippen MR) is 123 cm³/mol. The van der Waals surface area contributed by atoms with Gasteiger partial charge in [-0.05, 0) is 35.6 Å². The molecule has 6 nitrogen and oxygen atoms in total. The van der Waals surface area contributed by atoms with Crippen LogP contribution >= 0.6 is 11.6 Å². The minimum atomic E-state index is -0.803. The maximum Gasteiger partial charge on any atom is 0.307 e. The van der Waals surface area contributed by atoms with E-state index < -0.39 is 5.97 Å². The average molecular weight is 442 g/mol. The third kappa shape index (κ3) is 5.38. The second kappa shape index (κ2) is 9.28. The molecule has 1 atom stereocenters. The number of aliphatic carboxylic acids is 1. The largest absolute Gasteiger partial charge is 0.481 e. The summed E-state index contributed by atoms with van der Waals surface area (Å²) in [4.78, 5) is 20.5. The lowest BCUT2D eigenvalue weighted by Gasteiger charge is -2.41. The van der Waals surface area contributed by atoms with Gasteiger partial charge in [0.15, 0.2) is 5.58 Å². The molecule has 0 saturated carbocycles. The number of fused-ring (bicyclic) bond motifs is 1. The Balaban J connectivity index is 1.50. The molecule has 1 aliphatic rings. The topological polar surface area (TPSA) is 69.8 Å². The van der Waals surface area contributed by atoms with Gasteiger partial charge in [-0.25, -0.2) is 0 Å². The number of nitrogens with zero attached hydrogens (tertiary/aromatic N) is 3. The van der Waals surface area contributed by atoms with E-state index in [9.17, 15) is 4.79 Å². The van der Waals surface area contributed by atoms with E-state index in [0.717, 1.165) is 49.2 Å². The molecule has 1 saturated heterocycles. The first-order valence-electron chi connectivity index (χ1n) is 10.7. The van der Waals surface area contributed by atoms with Crippen LogP contribution in [0.15, 0.2) is 46.9 Å². The van der Waals surface area contributed by atoms with Crippen LogP contribution in [-0.4, -0.2) is 46.6 Å². The quantitative estimate of drug-likeness (QED) is 0.565. The van der Waals surface area contributed by atoms with Gasteiger partial charge in [0.2, 0.25) is 0 Å². The first kappa shape index (κ1) is 21.7. The van der Waals surface area contributed by atoms with E-state index in [2.05, 4.69) is 29.7 Å². The van der Waals surface area contributed by atoms with Crippen LogP contribution in [0.3, 0.4) is 0 Å². The van der Waals surface area contributed by atoms with Gasteiger partial charge in [0.1, 0.15) is 5.52 Å². The van der Waals surface area contributed by atoms with Crippen LogP contribution in [0.2, 0.25) is 5.02 Å². The summed E-state index contributed by atoms with van der Waals surface area (Å²) < 4.78 is 6.06. The number of aromatic nitrogens is 1. The minimum Gasteiger partial charge on any atom is -0.481 e. The molecular weight excluding hydrogens is 414 g/mol. The molecule has 2 heterocycles. The lowest BCUT2D eigenvalue weighted by molar-refractivity contribution is -0.136. The van der Waals surface area contributed by atoms with Crippen molar-refractivity contribution < 1.29 is 14.3 Å². The first-order chi connectivity index (χ1) is 14.9. The zero-order chi connectivity index (χ0) is 22.0. The summed E-state index contributed by atoms with van der Waals surface area (Å²) in [6, 6.07) is 14.4. The normalized spacial score (nSPS) is 17.5. The Morgan fingerprint density at radius 1 is 1.23 bits per heavy atom. The highest BCUT2D eigenvalue weighted by molar-refractivity contribution is 6.31. The molecule has 0 aliphatic carbocycles. The number of hydrogen-bond acceptors (Lipinski definition) is 5. The number of anilines is 1. The molecule has 1 aromatic heterocycles. The fraction of sp³-hybridized carbons (Fsp3) is 0.417. The molecule has 0 radical (unpaired) electrons. The maximum atomic E-state index is 11.0. The molecule has 0 amide bonds. The molecule has 0 spiro atoms. The van der Waals surface area contributed by atoms with Crippen molar-refractivity contribution in [1.82, 2.24) is 9.88 Å². The number of halogens is 1. The van der Waals surface area contributed by atoms with Crippen molar-refractivity contribution in [2.45, 2.75) is 39.3 Å². The molecular formula is C24H28ClN3O3. The van der Waals surface area contributed by atoms with Gasteiger partial charge < -0.3 is 14.4 Å². The Morgan fingerprint density at radius 3 is 2.81 bits per heavy atom. The van der Waals surface area contributed by atoms with E-state index in [4.69, 9.17) is 26.1 Å². The van der Waals surface area contributed by atoms with Crippen molar-refractivity contribution in [1.29, 1.82) is 0 Å². The monoisotopic (exact) mass is 441 g/mol. The third-order valence-electron chi connectivity index (χ3n) is 5.65. The standard InChI is InChI=1S/C24H28ClN3O3/c1-16(2)10-20-15-27(14-18-5-3-4-17(11-18)12-23(29)30)8-9-28(20)24-26-21-7-6-19(25)13-22(21)31-24/h3-7,11,13,16,20H,8-10,12,14-15H2,1-2H3,(H,29,30)/t20-/m1/s1. The molecule has 7 heteroatoms. The maximum absolute atomic E-state index is 11.0. The van der Waals surface area contributed by atoms with Crippen molar-refractivity contribution in [2.75, 3.05) is 24.5 Å². The van der Waals surface area contributed by atoms with E-state index in [-0.39, 0.29) is 6.42 Å². The highest BCUT2D eigenvalue weighted by atomic mass is 35.5. The Kier molecular flexibility index (Phi) is 6.49. The van der Waals surface area contributed by atoms with Gasteiger partial charge in [-0.1, -0.05) is 49.7 Å². The van der Waals surface area contributed by atoms with Gasteiger partial charge in [0.25, 0.3) is 6.01 Å². The fourth-order valence-electron chi connectivity index (χ4n) is 4.34. The molecule has 31 heavy (non-hydrogen) atoms. The Morgan fingerprint density at radius 2 is 2.03 bits per heavy atom. The van der Waals surface area contributed by atoms with E-state index >= 15 is 0 Å². The third-order valence-corrected chi connectivity index (χ3v) is 5.88. The smallest absolute Gasteiger partial charge is 0.307 e. The number of hydrogen-bond donors (Lipinski definition) is 1. The number of rotatable bonds is 7. The molecule has 0 unspecified atom stereocenters. The zero-order valence-electron chi connectivity index (χ0n) is 17.9. The molecule has 4 rings (SSSR count). The summed E-state index contributed by atoms with van der Waals surface area (Å²) in [5.41, 5.74) is 3.52. The van der Waals surface area contributed by atoms with Gasteiger partial charge >= 0.3 is 5.97 Å². The highest BCUT2D eigenvalue weighted by Gasteiger charge is 2.30. The number of carbonyl (C=O) groups is 1. The average Bonchev–Trinajstić information content (AvgIpc) is 3.10. The number of carboxylic acids is 1. The summed E-state index contributed by atoms with van der Waals surface area (Å²) in [6.45, 7) is 7.89. The lowest BCUT2D eigenvalue weighted by atomic mass is 9.99. The molecule has 1 fully saturated rings. The summed E-state index contributed by atoms with van der Waals surface area (Å²) in [6.07, 6.45) is 1.09. The Hall–Kier alpha value is -2.57. The van der Waals surface area contributed by atoms with E-state index in [1.165, 1.54) is 0 Å². The summed E-state index contributed by atoms with van der Waals surface area (Å²) in [5, 5.41) is 9.71. The van der Waals surface area contributed by atoms with Crippen LogP contribution in [0.25, 0.3) is 11.1 Å². The van der Waals surface area contributed by atoms with Crippen molar-refractivity contribution in [3.8, 4) is 0 Å². The van der Waals surface area contributed by atoms with Gasteiger partial charge in [-0.3, -0.25) is 9.69 Å². The van der Waals surface area contributed by atoms with E-state index in [1.807, 2.05) is 36.4 Å². The summed E-state index contributed by atoms with van der Waals surface area (Å²) >= 11 is 6.11. The first-order valence-corrected chi connectivity index (χ1v) is 11.1. The van der Waals surface area contributed by atoms with Crippen molar-refractivity contribution in [2.24, 2.45) is 5.92 Å². The molecule has 3 aromatic rings. The number of benzene rings is 2. The Labute approximate surface area is 187 Å². The van der Waals surface area contributed by atoms with Crippen molar-refractivity contribution in [3.63, 3.8) is 0 Å². The molecule has 2 aromatic carbocycles. The van der Waals surface area contributed by atoms with Crippen molar-refractivity contribution in [3.05, 3.63) is 58.6 Å². The summed E-state index contributed by atoms with van der Waals surface area (Å²) in [5.74, 6) is -0.257. The fourth-order valence-corrected chi connectivity index (χ4v) is 4.50. The summed E-state index contributed by atoms with van der Waals surface area (Å²) in [7, 11) is 0. The number of oxazole rings is 1. The van der Waals surface area contributed by atoms with Crippen LogP contribution in [0, 0.1) is 5.92 Å². The van der Waals surface area contributed by atoms with Gasteiger partial charge in [0.05, 0.1) is 6.42 Å². The second-order valence-corrected chi connectivity index (χ2v) is 9.15. The molecule has 164 valence electrons. The van der Waals surface area contributed by atoms with Crippen LogP contribution in [-0.2, 0) is 17.8 Å². The predicted octanol–water partition coefficient (Wildman–Crippen LogP) is 4.85. The van der Waals surface area contributed by atoms with E-state index in [0.29, 0.717) is 28.6 Å². The minimum absolute atomic E-state index is 0.0549. The lowest BCUT2D eigenvalue weighted by Crippen LogP contribution is -2.53. The van der Waals surface area contributed by atoms with Gasteiger partial charge in [-0.2, -0.15) is 4.98 Å². The molecule has 0 bridgehead atoms. The van der Waals surface area contributed by atoms with E-state index in [1.54, 1.807) is 0 Å². The number of piperazine rings is 1. The van der Waals surface area contributed by atoms with Crippen LogP contribution in [0.1, 0.15) is 31.4 Å². The molecule has 1 aliphatic heterocycles. The van der Waals surface area contributed by atoms with Crippen LogP contribution < -0.4 is 4.90 Å². The number of carboxylic acid groups (broad SMARTS) is 1.